The molecule has 2 aromatic rings. The first-order chi connectivity index (χ1) is 15.4. The van der Waals surface area contributed by atoms with Gasteiger partial charge in [-0.2, -0.15) is 0 Å². The van der Waals surface area contributed by atoms with Crippen molar-refractivity contribution >= 4 is 23.1 Å². The van der Waals surface area contributed by atoms with E-state index < -0.39 is 17.7 Å². The van der Waals surface area contributed by atoms with Crippen LogP contribution >= 0.6 is 0 Å². The average molecular weight is 435 g/mol. The molecule has 0 spiro atoms. The van der Waals surface area contributed by atoms with Gasteiger partial charge in [0.1, 0.15) is 11.5 Å². The van der Waals surface area contributed by atoms with Crippen LogP contribution in [0.4, 0.5) is 5.69 Å². The molecular formula is C26H30N2O4. The van der Waals surface area contributed by atoms with Crippen LogP contribution in [0.5, 0.6) is 5.75 Å². The predicted octanol–water partition coefficient (Wildman–Crippen LogP) is 4.30. The molecule has 0 aliphatic carbocycles. The summed E-state index contributed by atoms with van der Waals surface area (Å²) < 4.78 is 5.56. The van der Waals surface area contributed by atoms with Crippen LogP contribution in [0, 0.1) is 0 Å². The smallest absolute Gasteiger partial charge is 0.295 e. The predicted molar refractivity (Wildman–Crippen MR) is 125 cm³/mol. The van der Waals surface area contributed by atoms with Crippen LogP contribution in [0.2, 0.25) is 0 Å². The molecule has 6 nitrogen and oxygen atoms in total. The van der Waals surface area contributed by atoms with Crippen molar-refractivity contribution in [3.05, 3.63) is 64.7 Å². The summed E-state index contributed by atoms with van der Waals surface area (Å²) in [5, 5.41) is 11.2. The number of aliphatic hydroxyl groups is 1. The summed E-state index contributed by atoms with van der Waals surface area (Å²) in [5.41, 5.74) is 3.53. The van der Waals surface area contributed by atoms with Crippen LogP contribution in [0.15, 0.2) is 48.0 Å². The van der Waals surface area contributed by atoms with Crippen LogP contribution in [-0.2, 0) is 16.0 Å². The van der Waals surface area contributed by atoms with Crippen LogP contribution in [0.25, 0.3) is 5.76 Å². The Morgan fingerprint density at radius 1 is 1.12 bits per heavy atom. The highest BCUT2D eigenvalue weighted by Crippen LogP contribution is 2.40. The molecule has 0 aromatic heterocycles. The molecule has 1 fully saturated rings. The average Bonchev–Trinajstić information content (AvgIpc) is 3.36. The fourth-order valence-corrected chi connectivity index (χ4v) is 4.43. The van der Waals surface area contributed by atoms with Crippen LogP contribution in [-0.4, -0.2) is 48.9 Å². The number of likely N-dealkylation sites (tertiary alicyclic amines) is 1. The monoisotopic (exact) mass is 434 g/mol. The van der Waals surface area contributed by atoms with Crippen LogP contribution in [0.3, 0.4) is 0 Å². The van der Waals surface area contributed by atoms with Crippen molar-refractivity contribution in [3.63, 3.8) is 0 Å². The van der Waals surface area contributed by atoms with Crippen LogP contribution < -0.4 is 9.64 Å². The first-order valence-electron chi connectivity index (χ1n) is 11.2. The second-order valence-electron chi connectivity index (χ2n) is 8.61. The number of carbonyl (C=O) groups is 2. The zero-order valence-electron chi connectivity index (χ0n) is 18.9. The van der Waals surface area contributed by atoms with Gasteiger partial charge in [0.25, 0.3) is 11.7 Å². The number of unbranched alkanes of at least 4 members (excludes halogenated alkanes) is 2. The van der Waals surface area contributed by atoms with E-state index in [0.29, 0.717) is 18.7 Å². The van der Waals surface area contributed by atoms with Crippen molar-refractivity contribution in [1.82, 2.24) is 4.90 Å². The molecule has 1 atom stereocenters. The number of anilines is 1. The van der Waals surface area contributed by atoms with E-state index in [1.807, 2.05) is 55.4 Å². The highest BCUT2D eigenvalue weighted by Gasteiger charge is 2.45. The van der Waals surface area contributed by atoms with Crippen molar-refractivity contribution in [2.24, 2.45) is 0 Å². The van der Waals surface area contributed by atoms with E-state index in [1.54, 1.807) is 11.0 Å². The lowest BCUT2D eigenvalue weighted by atomic mass is 9.94. The SMILES string of the molecule is CCCCCN1C(=O)C(=O)/C(=C(\O)c2ccc3c(c2)CCO3)C1c1ccc(N(C)C)cc1. The third-order valence-electron chi connectivity index (χ3n) is 6.23. The summed E-state index contributed by atoms with van der Waals surface area (Å²) in [6.07, 6.45) is 3.56. The van der Waals surface area contributed by atoms with E-state index in [0.717, 1.165) is 48.2 Å². The molecule has 0 saturated carbocycles. The van der Waals surface area contributed by atoms with Gasteiger partial charge in [0, 0.05) is 38.3 Å². The molecule has 2 heterocycles. The maximum atomic E-state index is 13.1. The standard InChI is InChI=1S/C26H30N2O4/c1-4-5-6-14-28-23(17-7-10-20(11-8-17)27(2)3)22(25(30)26(28)31)24(29)19-9-12-21-18(16-19)13-15-32-21/h7-12,16,23,29H,4-6,13-15H2,1-3H3/b24-22-. The lowest BCUT2D eigenvalue weighted by molar-refractivity contribution is -0.139. The number of nitrogens with zero attached hydrogens (tertiary/aromatic N) is 2. The van der Waals surface area contributed by atoms with Gasteiger partial charge < -0.3 is 19.6 Å². The molecule has 2 aliphatic heterocycles. The number of fused-ring (bicyclic) bond motifs is 1. The Labute approximate surface area is 189 Å². The van der Waals surface area contributed by atoms with Crippen molar-refractivity contribution < 1.29 is 19.4 Å². The van der Waals surface area contributed by atoms with Gasteiger partial charge in [-0.05, 0) is 47.9 Å². The number of amides is 1. The van der Waals surface area contributed by atoms with Crippen molar-refractivity contribution in [2.45, 2.75) is 38.6 Å². The fraction of sp³-hybridized carbons (Fsp3) is 0.385. The van der Waals surface area contributed by atoms with E-state index in [1.165, 1.54) is 0 Å². The van der Waals surface area contributed by atoms with E-state index >= 15 is 0 Å². The first kappa shape index (κ1) is 21.9. The molecular weight excluding hydrogens is 404 g/mol. The molecule has 6 heteroatoms. The summed E-state index contributed by atoms with van der Waals surface area (Å²) in [7, 11) is 3.92. The zero-order chi connectivity index (χ0) is 22.8. The highest BCUT2D eigenvalue weighted by molar-refractivity contribution is 6.46. The Hall–Kier alpha value is -3.28. The second-order valence-corrected chi connectivity index (χ2v) is 8.61. The molecule has 0 bridgehead atoms. The number of benzene rings is 2. The molecule has 4 rings (SSSR count). The van der Waals surface area contributed by atoms with Gasteiger partial charge in [-0.1, -0.05) is 31.9 Å². The quantitative estimate of drug-likeness (QED) is 0.305. The van der Waals surface area contributed by atoms with E-state index in [-0.39, 0.29) is 11.3 Å². The number of ether oxygens (including phenoxy) is 1. The third-order valence-corrected chi connectivity index (χ3v) is 6.23. The highest BCUT2D eigenvalue weighted by atomic mass is 16.5. The zero-order valence-corrected chi connectivity index (χ0v) is 18.9. The van der Waals surface area contributed by atoms with Gasteiger partial charge in [-0.3, -0.25) is 9.59 Å². The maximum absolute atomic E-state index is 13.1. The minimum Gasteiger partial charge on any atom is -0.507 e. The minimum absolute atomic E-state index is 0.127. The first-order valence-corrected chi connectivity index (χ1v) is 11.2. The lowest BCUT2D eigenvalue weighted by Crippen LogP contribution is -2.30. The van der Waals surface area contributed by atoms with Gasteiger partial charge in [0.2, 0.25) is 0 Å². The molecule has 1 saturated heterocycles. The van der Waals surface area contributed by atoms with Gasteiger partial charge in [0.05, 0.1) is 18.2 Å². The topological polar surface area (TPSA) is 70.1 Å². The largest absolute Gasteiger partial charge is 0.507 e. The number of hydrogen-bond donors (Lipinski definition) is 1. The van der Waals surface area contributed by atoms with Crippen molar-refractivity contribution in [2.75, 3.05) is 32.1 Å². The molecule has 1 amide bonds. The molecule has 168 valence electrons. The summed E-state index contributed by atoms with van der Waals surface area (Å²) in [6, 6.07) is 12.6. The molecule has 1 unspecified atom stereocenters. The van der Waals surface area contributed by atoms with Crippen molar-refractivity contribution in [3.8, 4) is 5.75 Å². The Kier molecular flexibility index (Phi) is 6.21. The summed E-state index contributed by atoms with van der Waals surface area (Å²) >= 11 is 0. The van der Waals surface area contributed by atoms with E-state index in [2.05, 4.69) is 6.92 Å². The number of ketones is 1. The Morgan fingerprint density at radius 3 is 2.56 bits per heavy atom. The molecule has 2 aliphatic rings. The fourth-order valence-electron chi connectivity index (χ4n) is 4.43. The van der Waals surface area contributed by atoms with E-state index in [4.69, 9.17) is 4.74 Å². The van der Waals surface area contributed by atoms with Gasteiger partial charge >= 0.3 is 0 Å². The summed E-state index contributed by atoms with van der Waals surface area (Å²) in [6.45, 7) is 3.19. The van der Waals surface area contributed by atoms with Gasteiger partial charge in [-0.25, -0.2) is 0 Å². The van der Waals surface area contributed by atoms with Gasteiger partial charge in [-0.15, -0.1) is 0 Å². The Balaban J connectivity index is 1.79. The second kappa shape index (κ2) is 9.07. The van der Waals surface area contributed by atoms with Crippen molar-refractivity contribution in [1.29, 1.82) is 0 Å². The molecule has 2 aromatic carbocycles. The van der Waals surface area contributed by atoms with Crippen LogP contribution in [0.1, 0.15) is 48.9 Å². The number of rotatable bonds is 7. The normalized spacial score (nSPS) is 19.2. The third kappa shape index (κ3) is 3.97. The molecule has 0 radical (unpaired) electrons. The number of carbonyl (C=O) groups excluding carboxylic acids is 2. The molecule has 32 heavy (non-hydrogen) atoms. The van der Waals surface area contributed by atoms with E-state index in [9.17, 15) is 14.7 Å². The molecule has 1 N–H and O–H groups in total. The maximum Gasteiger partial charge on any atom is 0.295 e. The Bertz CT molecular complexity index is 1060. The number of aliphatic hydroxyl groups excluding tert-OH is 1. The Morgan fingerprint density at radius 2 is 1.88 bits per heavy atom. The summed E-state index contributed by atoms with van der Waals surface area (Å²) in [4.78, 5) is 29.7. The lowest BCUT2D eigenvalue weighted by Gasteiger charge is -2.26. The minimum atomic E-state index is -0.627. The van der Waals surface area contributed by atoms with Gasteiger partial charge in [0.15, 0.2) is 0 Å². The number of hydrogen-bond acceptors (Lipinski definition) is 5. The number of Topliss-reactive ketones (excluding diaryl/α,β-unsaturated/α-hetero) is 1. The summed E-state index contributed by atoms with van der Waals surface area (Å²) in [5.74, 6) is -0.499.